The molecule has 0 saturated heterocycles. The molecule has 1 aromatic carbocycles. The fourth-order valence-corrected chi connectivity index (χ4v) is 1.72. The number of carbonyl (C=O) groups is 1. The summed E-state index contributed by atoms with van der Waals surface area (Å²) in [5.41, 5.74) is 1.87. The Kier molecular flexibility index (Phi) is 4.23. The zero-order chi connectivity index (χ0) is 13.7. The van der Waals surface area contributed by atoms with Gasteiger partial charge in [0.05, 0.1) is 0 Å². The Balaban J connectivity index is 1.88. The van der Waals surface area contributed by atoms with Crippen LogP contribution in [0.15, 0.2) is 42.6 Å². The highest BCUT2D eigenvalue weighted by molar-refractivity contribution is 5.90. The van der Waals surface area contributed by atoms with Crippen LogP contribution >= 0.6 is 0 Å². The molecule has 3 nitrogen and oxygen atoms in total. The van der Waals surface area contributed by atoms with Crippen molar-refractivity contribution in [2.45, 2.75) is 19.8 Å². The summed E-state index contributed by atoms with van der Waals surface area (Å²) < 4.78 is 12.7. The summed E-state index contributed by atoms with van der Waals surface area (Å²) in [5, 5.41) is 2.77. The highest BCUT2D eigenvalue weighted by atomic mass is 19.1. The Morgan fingerprint density at radius 2 is 2.00 bits per heavy atom. The molecular weight excluding hydrogens is 243 g/mol. The van der Waals surface area contributed by atoms with Gasteiger partial charge in [0.2, 0.25) is 5.91 Å². The molecule has 0 aliphatic rings. The second kappa shape index (κ2) is 6.09. The van der Waals surface area contributed by atoms with E-state index in [4.69, 9.17) is 0 Å². The van der Waals surface area contributed by atoms with Crippen molar-refractivity contribution in [2.75, 3.05) is 5.32 Å². The van der Waals surface area contributed by atoms with Crippen LogP contribution in [0.1, 0.15) is 17.5 Å². The molecule has 1 amide bonds. The van der Waals surface area contributed by atoms with Crippen molar-refractivity contribution in [2.24, 2.45) is 0 Å². The third-order valence-electron chi connectivity index (χ3n) is 2.82. The van der Waals surface area contributed by atoms with E-state index >= 15 is 0 Å². The van der Waals surface area contributed by atoms with Crippen molar-refractivity contribution < 1.29 is 9.18 Å². The van der Waals surface area contributed by atoms with Crippen LogP contribution in [-0.4, -0.2) is 10.9 Å². The smallest absolute Gasteiger partial charge is 0.225 e. The summed E-state index contributed by atoms with van der Waals surface area (Å²) in [7, 11) is 0. The molecule has 1 N–H and O–H groups in total. The number of anilines is 1. The Labute approximate surface area is 111 Å². The standard InChI is InChI=1S/C15H15FN2O/c1-11-3-2-10-17-15(11)18-14(19)9-6-12-4-7-13(16)8-5-12/h2-5,7-8,10H,6,9H2,1H3,(H,17,18,19). The van der Waals surface area contributed by atoms with E-state index in [0.29, 0.717) is 18.7 Å². The first kappa shape index (κ1) is 13.2. The van der Waals surface area contributed by atoms with Crippen LogP contribution in [0.5, 0.6) is 0 Å². The molecule has 0 radical (unpaired) electrons. The molecule has 1 aromatic heterocycles. The van der Waals surface area contributed by atoms with Crippen molar-refractivity contribution in [3.8, 4) is 0 Å². The number of carbonyl (C=O) groups excluding carboxylic acids is 1. The highest BCUT2D eigenvalue weighted by Gasteiger charge is 2.05. The van der Waals surface area contributed by atoms with Crippen LogP contribution in [0.3, 0.4) is 0 Å². The number of pyridine rings is 1. The van der Waals surface area contributed by atoms with Crippen LogP contribution in [0.2, 0.25) is 0 Å². The van der Waals surface area contributed by atoms with E-state index < -0.39 is 0 Å². The van der Waals surface area contributed by atoms with Gasteiger partial charge in [-0.3, -0.25) is 4.79 Å². The molecule has 0 aliphatic carbocycles. The van der Waals surface area contributed by atoms with Crippen molar-refractivity contribution in [3.63, 3.8) is 0 Å². The van der Waals surface area contributed by atoms with Gasteiger partial charge in [-0.1, -0.05) is 18.2 Å². The van der Waals surface area contributed by atoms with Crippen LogP contribution in [0, 0.1) is 12.7 Å². The average Bonchev–Trinajstić information content (AvgIpc) is 2.41. The number of amides is 1. The van der Waals surface area contributed by atoms with Gasteiger partial charge >= 0.3 is 0 Å². The molecule has 0 saturated carbocycles. The molecule has 1 heterocycles. The van der Waals surface area contributed by atoms with Crippen LogP contribution in [0.25, 0.3) is 0 Å². The van der Waals surface area contributed by atoms with Gasteiger partial charge in [0.25, 0.3) is 0 Å². The van der Waals surface area contributed by atoms with Gasteiger partial charge in [-0.25, -0.2) is 9.37 Å². The normalized spacial score (nSPS) is 10.2. The first-order valence-corrected chi connectivity index (χ1v) is 6.11. The number of aryl methyl sites for hydroxylation is 2. The Hall–Kier alpha value is -2.23. The number of hydrogen-bond donors (Lipinski definition) is 1. The average molecular weight is 258 g/mol. The number of rotatable bonds is 4. The van der Waals surface area contributed by atoms with E-state index in [9.17, 15) is 9.18 Å². The fourth-order valence-electron chi connectivity index (χ4n) is 1.72. The number of hydrogen-bond acceptors (Lipinski definition) is 2. The molecule has 0 unspecified atom stereocenters. The van der Waals surface area contributed by atoms with Crippen molar-refractivity contribution >= 4 is 11.7 Å². The molecule has 0 atom stereocenters. The Morgan fingerprint density at radius 3 is 2.68 bits per heavy atom. The summed E-state index contributed by atoms with van der Waals surface area (Å²) in [6, 6.07) is 9.89. The molecule has 0 fully saturated rings. The largest absolute Gasteiger partial charge is 0.310 e. The minimum absolute atomic E-state index is 0.0916. The second-order valence-corrected chi connectivity index (χ2v) is 4.34. The lowest BCUT2D eigenvalue weighted by Gasteiger charge is -2.06. The molecule has 0 bridgehead atoms. The topological polar surface area (TPSA) is 42.0 Å². The van der Waals surface area contributed by atoms with E-state index in [1.807, 2.05) is 19.1 Å². The number of nitrogens with zero attached hydrogens (tertiary/aromatic N) is 1. The van der Waals surface area contributed by atoms with Gasteiger partial charge in [-0.2, -0.15) is 0 Å². The van der Waals surface area contributed by atoms with E-state index in [0.717, 1.165) is 11.1 Å². The third-order valence-corrected chi connectivity index (χ3v) is 2.82. The van der Waals surface area contributed by atoms with Crippen LogP contribution in [0.4, 0.5) is 10.2 Å². The molecule has 0 aliphatic heterocycles. The van der Waals surface area contributed by atoms with E-state index in [1.54, 1.807) is 18.3 Å². The predicted octanol–water partition coefficient (Wildman–Crippen LogP) is 3.10. The molecular formula is C15H15FN2O. The van der Waals surface area contributed by atoms with Gasteiger partial charge in [-0.05, 0) is 42.7 Å². The van der Waals surface area contributed by atoms with E-state index in [1.165, 1.54) is 12.1 Å². The molecule has 2 rings (SSSR count). The van der Waals surface area contributed by atoms with Crippen LogP contribution < -0.4 is 5.32 Å². The van der Waals surface area contributed by atoms with Crippen molar-refractivity contribution in [1.82, 2.24) is 4.98 Å². The van der Waals surface area contributed by atoms with E-state index in [-0.39, 0.29) is 11.7 Å². The first-order chi connectivity index (χ1) is 9.15. The maximum Gasteiger partial charge on any atom is 0.225 e. The second-order valence-electron chi connectivity index (χ2n) is 4.34. The Morgan fingerprint density at radius 1 is 1.26 bits per heavy atom. The minimum atomic E-state index is -0.266. The fraction of sp³-hybridized carbons (Fsp3) is 0.200. The van der Waals surface area contributed by atoms with Gasteiger partial charge < -0.3 is 5.32 Å². The molecule has 4 heteroatoms. The Bertz CT molecular complexity index is 567. The predicted molar refractivity (Wildman–Crippen MR) is 72.3 cm³/mol. The van der Waals surface area contributed by atoms with Gasteiger partial charge in [0.1, 0.15) is 11.6 Å². The van der Waals surface area contributed by atoms with Crippen LogP contribution in [-0.2, 0) is 11.2 Å². The number of nitrogens with one attached hydrogen (secondary N) is 1. The quantitative estimate of drug-likeness (QED) is 0.915. The van der Waals surface area contributed by atoms with Gasteiger partial charge in [0, 0.05) is 12.6 Å². The summed E-state index contributed by atoms with van der Waals surface area (Å²) >= 11 is 0. The third kappa shape index (κ3) is 3.88. The van der Waals surface area contributed by atoms with Crippen molar-refractivity contribution in [3.05, 3.63) is 59.5 Å². The maximum atomic E-state index is 12.7. The molecule has 2 aromatic rings. The summed E-state index contributed by atoms with van der Waals surface area (Å²) in [4.78, 5) is 15.9. The molecule has 98 valence electrons. The van der Waals surface area contributed by atoms with Gasteiger partial charge in [-0.15, -0.1) is 0 Å². The summed E-state index contributed by atoms with van der Waals surface area (Å²) in [6.07, 6.45) is 2.57. The number of halogens is 1. The zero-order valence-electron chi connectivity index (χ0n) is 10.7. The van der Waals surface area contributed by atoms with Gasteiger partial charge in [0.15, 0.2) is 0 Å². The maximum absolute atomic E-state index is 12.7. The highest BCUT2D eigenvalue weighted by Crippen LogP contribution is 2.11. The van der Waals surface area contributed by atoms with E-state index in [2.05, 4.69) is 10.3 Å². The SMILES string of the molecule is Cc1cccnc1NC(=O)CCc1ccc(F)cc1. The summed E-state index contributed by atoms with van der Waals surface area (Å²) in [5.74, 6) is 0.232. The monoisotopic (exact) mass is 258 g/mol. The number of benzene rings is 1. The minimum Gasteiger partial charge on any atom is -0.310 e. The lowest BCUT2D eigenvalue weighted by atomic mass is 10.1. The van der Waals surface area contributed by atoms with Crippen molar-refractivity contribution in [1.29, 1.82) is 0 Å². The zero-order valence-corrected chi connectivity index (χ0v) is 10.7. The lowest BCUT2D eigenvalue weighted by molar-refractivity contribution is -0.116. The lowest BCUT2D eigenvalue weighted by Crippen LogP contribution is -2.14. The first-order valence-electron chi connectivity index (χ1n) is 6.11. The molecule has 0 spiro atoms. The molecule has 19 heavy (non-hydrogen) atoms. The number of aromatic nitrogens is 1. The summed E-state index contributed by atoms with van der Waals surface area (Å²) in [6.45, 7) is 1.89.